The summed E-state index contributed by atoms with van der Waals surface area (Å²) in [5.74, 6) is 1.46. The van der Waals surface area contributed by atoms with E-state index in [1.807, 2.05) is 41.0 Å². The van der Waals surface area contributed by atoms with E-state index < -0.39 is 0 Å². The number of thioether (sulfide) groups is 1. The zero-order valence-corrected chi connectivity index (χ0v) is 16.2. The quantitative estimate of drug-likeness (QED) is 0.467. The zero-order chi connectivity index (χ0) is 18.6. The summed E-state index contributed by atoms with van der Waals surface area (Å²) >= 11 is 2.81. The fraction of sp³-hybridized carbons (Fsp3) is 0.222. The Bertz CT molecular complexity index is 1020. The van der Waals surface area contributed by atoms with Crippen LogP contribution in [0.5, 0.6) is 0 Å². The molecule has 0 aliphatic heterocycles. The molecule has 0 atom stereocenters. The maximum Gasteiger partial charge on any atom is 0.236 e. The first-order chi connectivity index (χ1) is 13.2. The normalized spacial score (nSPS) is 11.1. The number of anilines is 1. The van der Waals surface area contributed by atoms with E-state index in [4.69, 9.17) is 4.42 Å². The lowest BCUT2D eigenvalue weighted by atomic mass is 10.3. The first-order valence-corrected chi connectivity index (χ1v) is 10.3. The molecule has 0 aliphatic carbocycles. The van der Waals surface area contributed by atoms with Crippen molar-refractivity contribution < 1.29 is 9.21 Å². The van der Waals surface area contributed by atoms with Crippen LogP contribution in [0.1, 0.15) is 13.3 Å². The Morgan fingerprint density at radius 2 is 2.15 bits per heavy atom. The maximum absolute atomic E-state index is 12.3. The van der Waals surface area contributed by atoms with Gasteiger partial charge < -0.3 is 9.73 Å². The van der Waals surface area contributed by atoms with Crippen LogP contribution in [-0.4, -0.2) is 31.4 Å². The Hall–Kier alpha value is -2.65. The molecule has 4 rings (SSSR count). The number of carbonyl (C=O) groups is 1. The summed E-state index contributed by atoms with van der Waals surface area (Å²) in [5.41, 5.74) is 0.885. The second-order valence-corrected chi connectivity index (χ2v) is 7.73. The number of carbonyl (C=O) groups excluding carboxylic acids is 1. The summed E-state index contributed by atoms with van der Waals surface area (Å²) in [7, 11) is 0. The first-order valence-electron chi connectivity index (χ1n) is 8.50. The summed E-state index contributed by atoms with van der Waals surface area (Å²) < 4.78 is 8.46. The molecule has 9 heteroatoms. The number of amides is 1. The minimum absolute atomic E-state index is 0.121. The summed E-state index contributed by atoms with van der Waals surface area (Å²) in [6.45, 7) is 2.84. The van der Waals surface area contributed by atoms with E-state index in [1.54, 1.807) is 6.26 Å². The molecule has 0 saturated carbocycles. The monoisotopic (exact) mass is 399 g/mol. The van der Waals surface area contributed by atoms with E-state index in [9.17, 15) is 4.79 Å². The third kappa shape index (κ3) is 3.88. The summed E-state index contributed by atoms with van der Waals surface area (Å²) in [4.78, 5) is 16.8. The van der Waals surface area contributed by atoms with Gasteiger partial charge in [0, 0.05) is 6.54 Å². The van der Waals surface area contributed by atoms with Crippen molar-refractivity contribution in [2.75, 3.05) is 11.1 Å². The highest BCUT2D eigenvalue weighted by atomic mass is 32.2. The fourth-order valence-corrected chi connectivity index (χ4v) is 4.27. The fourth-order valence-electron chi connectivity index (χ4n) is 2.62. The molecule has 7 nitrogen and oxygen atoms in total. The van der Waals surface area contributed by atoms with Gasteiger partial charge in [0.1, 0.15) is 0 Å². The minimum atomic E-state index is -0.121. The largest absolute Gasteiger partial charge is 0.461 e. The molecule has 138 valence electrons. The van der Waals surface area contributed by atoms with E-state index >= 15 is 0 Å². The number of furan rings is 1. The third-order valence-electron chi connectivity index (χ3n) is 3.78. The third-order valence-corrected chi connectivity index (χ3v) is 5.70. The Kier molecular flexibility index (Phi) is 5.21. The van der Waals surface area contributed by atoms with E-state index in [0.29, 0.717) is 21.9 Å². The van der Waals surface area contributed by atoms with Crippen LogP contribution in [-0.2, 0) is 11.3 Å². The van der Waals surface area contributed by atoms with Crippen LogP contribution in [0.2, 0.25) is 0 Å². The lowest BCUT2D eigenvalue weighted by Crippen LogP contribution is -2.14. The van der Waals surface area contributed by atoms with Gasteiger partial charge in [0.15, 0.2) is 21.9 Å². The minimum Gasteiger partial charge on any atom is -0.461 e. The molecule has 3 heterocycles. The highest BCUT2D eigenvalue weighted by Crippen LogP contribution is 2.27. The predicted octanol–water partition coefficient (Wildman–Crippen LogP) is 4.29. The molecule has 4 aromatic rings. The molecule has 0 aliphatic rings. The van der Waals surface area contributed by atoms with Gasteiger partial charge in [-0.2, -0.15) is 0 Å². The molecule has 0 bridgehead atoms. The molecular formula is C18H17N5O2S2. The number of nitrogens with one attached hydrogen (secondary N) is 1. The van der Waals surface area contributed by atoms with Crippen molar-refractivity contribution in [3.05, 3.63) is 42.7 Å². The van der Waals surface area contributed by atoms with Crippen LogP contribution in [0, 0.1) is 0 Å². The molecule has 0 fully saturated rings. The van der Waals surface area contributed by atoms with Crippen molar-refractivity contribution in [2.45, 2.75) is 25.0 Å². The molecular weight excluding hydrogens is 382 g/mol. The van der Waals surface area contributed by atoms with Crippen molar-refractivity contribution in [3.63, 3.8) is 0 Å². The second kappa shape index (κ2) is 7.93. The Morgan fingerprint density at radius 1 is 1.26 bits per heavy atom. The molecule has 0 unspecified atom stereocenters. The van der Waals surface area contributed by atoms with Crippen LogP contribution in [0.15, 0.2) is 52.2 Å². The van der Waals surface area contributed by atoms with Crippen LogP contribution in [0.4, 0.5) is 5.13 Å². The van der Waals surface area contributed by atoms with Gasteiger partial charge in [0.05, 0.1) is 22.2 Å². The predicted molar refractivity (Wildman–Crippen MR) is 107 cm³/mol. The molecule has 27 heavy (non-hydrogen) atoms. The highest BCUT2D eigenvalue weighted by Gasteiger charge is 2.17. The number of hydrogen-bond acceptors (Lipinski definition) is 7. The summed E-state index contributed by atoms with van der Waals surface area (Å²) in [6.07, 6.45) is 2.54. The second-order valence-electron chi connectivity index (χ2n) is 5.76. The number of rotatable bonds is 7. The Labute approximate surface area is 163 Å². The van der Waals surface area contributed by atoms with Gasteiger partial charge in [0.2, 0.25) is 5.91 Å². The van der Waals surface area contributed by atoms with Gasteiger partial charge in [-0.25, -0.2) is 4.98 Å². The van der Waals surface area contributed by atoms with Gasteiger partial charge in [-0.15, -0.1) is 10.2 Å². The van der Waals surface area contributed by atoms with Gasteiger partial charge in [0.25, 0.3) is 0 Å². The van der Waals surface area contributed by atoms with Gasteiger partial charge in [-0.1, -0.05) is 42.2 Å². The molecule has 0 saturated heterocycles. The smallest absolute Gasteiger partial charge is 0.236 e. The SMILES string of the molecule is CCCn1c(SCC(=O)Nc2nc3ccccc3s2)nnc1-c1ccco1. The molecule has 1 amide bonds. The average Bonchev–Trinajstić information content (AvgIpc) is 3.39. The first kappa shape index (κ1) is 17.7. The summed E-state index contributed by atoms with van der Waals surface area (Å²) in [5, 5.41) is 12.6. The van der Waals surface area contributed by atoms with E-state index in [0.717, 1.165) is 23.2 Å². The summed E-state index contributed by atoms with van der Waals surface area (Å²) in [6, 6.07) is 11.5. The Balaban J connectivity index is 1.44. The zero-order valence-electron chi connectivity index (χ0n) is 14.6. The van der Waals surface area contributed by atoms with Crippen molar-refractivity contribution >= 4 is 44.4 Å². The van der Waals surface area contributed by atoms with E-state index in [-0.39, 0.29) is 11.7 Å². The molecule has 1 N–H and O–H groups in total. The number of aromatic nitrogens is 4. The molecule has 3 aromatic heterocycles. The van der Waals surface area contributed by atoms with Gasteiger partial charge >= 0.3 is 0 Å². The van der Waals surface area contributed by atoms with Crippen LogP contribution < -0.4 is 5.32 Å². The number of fused-ring (bicyclic) bond motifs is 1. The number of hydrogen-bond donors (Lipinski definition) is 1. The van der Waals surface area contributed by atoms with Crippen LogP contribution >= 0.6 is 23.1 Å². The highest BCUT2D eigenvalue weighted by molar-refractivity contribution is 7.99. The van der Waals surface area contributed by atoms with Crippen molar-refractivity contribution in [1.29, 1.82) is 0 Å². The van der Waals surface area contributed by atoms with Crippen molar-refractivity contribution in [2.24, 2.45) is 0 Å². The van der Waals surface area contributed by atoms with Crippen LogP contribution in [0.25, 0.3) is 21.8 Å². The lowest BCUT2D eigenvalue weighted by molar-refractivity contribution is -0.113. The standard InChI is InChI=1S/C18H17N5O2S2/c1-2-9-23-16(13-7-5-10-25-13)21-22-18(23)26-11-15(24)20-17-19-12-6-3-4-8-14(12)27-17/h3-8,10H,2,9,11H2,1H3,(H,19,20,24). The van der Waals surface area contributed by atoms with Crippen LogP contribution in [0.3, 0.4) is 0 Å². The topological polar surface area (TPSA) is 85.8 Å². The lowest BCUT2D eigenvalue weighted by Gasteiger charge is -2.07. The molecule has 0 radical (unpaired) electrons. The number of nitrogens with zero attached hydrogens (tertiary/aromatic N) is 4. The van der Waals surface area contributed by atoms with Gasteiger partial charge in [-0.05, 0) is 30.7 Å². The van der Waals surface area contributed by atoms with E-state index in [1.165, 1.54) is 23.1 Å². The van der Waals surface area contributed by atoms with Crippen molar-refractivity contribution in [1.82, 2.24) is 19.7 Å². The van der Waals surface area contributed by atoms with Gasteiger partial charge in [-0.3, -0.25) is 9.36 Å². The molecule has 1 aromatic carbocycles. The number of para-hydroxylation sites is 1. The average molecular weight is 400 g/mol. The molecule has 0 spiro atoms. The van der Waals surface area contributed by atoms with Crippen molar-refractivity contribution in [3.8, 4) is 11.6 Å². The maximum atomic E-state index is 12.3. The Morgan fingerprint density at radius 3 is 2.93 bits per heavy atom. The van der Waals surface area contributed by atoms with E-state index in [2.05, 4.69) is 27.4 Å². The number of benzene rings is 1. The number of thiazole rings is 1.